The van der Waals surface area contributed by atoms with Gasteiger partial charge in [0.1, 0.15) is 0 Å². The molecule has 0 aromatic heterocycles. The summed E-state index contributed by atoms with van der Waals surface area (Å²) in [5.41, 5.74) is 5.41. The van der Waals surface area contributed by atoms with Crippen LogP contribution in [0.25, 0.3) is 0 Å². The number of rotatable bonds is 4. The number of benzene rings is 2. The van der Waals surface area contributed by atoms with Crippen LogP contribution in [0, 0.1) is 0 Å². The standard InChI is InChI=1S/C13H9Cl3N2O4S/c14-9-2-1-6(3-8(9)13(19)20)18-23(21,22)7-4-10(15)12(17)11(16)5-7/h1-5,18H,17H2,(H,19,20). The molecule has 6 nitrogen and oxygen atoms in total. The predicted molar refractivity (Wildman–Crippen MR) is 90.1 cm³/mol. The van der Waals surface area contributed by atoms with Crippen molar-refractivity contribution in [2.45, 2.75) is 4.90 Å². The van der Waals surface area contributed by atoms with Gasteiger partial charge in [-0.3, -0.25) is 4.72 Å². The quantitative estimate of drug-likeness (QED) is 0.683. The number of anilines is 2. The van der Waals surface area contributed by atoms with Crippen molar-refractivity contribution >= 4 is 62.2 Å². The lowest BCUT2D eigenvalue weighted by molar-refractivity contribution is 0.0697. The first kappa shape index (κ1) is 17.7. The maximum Gasteiger partial charge on any atom is 0.337 e. The minimum Gasteiger partial charge on any atom is -0.478 e. The lowest BCUT2D eigenvalue weighted by Gasteiger charge is -2.11. The number of halogens is 3. The van der Waals surface area contributed by atoms with Crippen LogP contribution in [0.1, 0.15) is 10.4 Å². The van der Waals surface area contributed by atoms with Gasteiger partial charge in [0, 0.05) is 5.69 Å². The molecule has 0 amide bonds. The van der Waals surface area contributed by atoms with Gasteiger partial charge in [0.15, 0.2) is 0 Å². The van der Waals surface area contributed by atoms with Gasteiger partial charge in [-0.05, 0) is 30.3 Å². The first-order valence-corrected chi connectivity index (χ1v) is 8.53. The Hall–Kier alpha value is -1.67. The monoisotopic (exact) mass is 394 g/mol. The average Bonchev–Trinajstić information content (AvgIpc) is 2.45. The fourth-order valence-electron chi connectivity index (χ4n) is 1.68. The molecule has 122 valence electrons. The first-order chi connectivity index (χ1) is 10.6. The van der Waals surface area contributed by atoms with Crippen molar-refractivity contribution in [3.63, 3.8) is 0 Å². The largest absolute Gasteiger partial charge is 0.478 e. The van der Waals surface area contributed by atoms with Crippen molar-refractivity contribution in [1.82, 2.24) is 0 Å². The minimum atomic E-state index is -4.04. The Balaban J connectivity index is 2.43. The molecule has 0 unspecified atom stereocenters. The molecular formula is C13H9Cl3N2O4S. The number of hydrogen-bond acceptors (Lipinski definition) is 4. The first-order valence-electron chi connectivity index (χ1n) is 5.92. The highest BCUT2D eigenvalue weighted by Gasteiger charge is 2.19. The Morgan fingerprint density at radius 2 is 1.61 bits per heavy atom. The average molecular weight is 396 g/mol. The molecule has 2 rings (SSSR count). The number of hydrogen-bond donors (Lipinski definition) is 3. The summed E-state index contributed by atoms with van der Waals surface area (Å²) in [5, 5.41) is 8.96. The fraction of sp³-hybridized carbons (Fsp3) is 0. The zero-order valence-electron chi connectivity index (χ0n) is 11.2. The van der Waals surface area contributed by atoms with Crippen LogP contribution in [-0.4, -0.2) is 19.5 Å². The van der Waals surface area contributed by atoms with Gasteiger partial charge >= 0.3 is 5.97 Å². The molecular weight excluding hydrogens is 387 g/mol. The highest BCUT2D eigenvalue weighted by Crippen LogP contribution is 2.31. The molecule has 4 N–H and O–H groups in total. The van der Waals surface area contributed by atoms with Gasteiger partial charge < -0.3 is 10.8 Å². The number of carboxylic acid groups (broad SMARTS) is 1. The van der Waals surface area contributed by atoms with E-state index >= 15 is 0 Å². The van der Waals surface area contributed by atoms with Gasteiger partial charge in [-0.15, -0.1) is 0 Å². The van der Waals surface area contributed by atoms with Gasteiger partial charge in [-0.2, -0.15) is 0 Å². The molecule has 0 saturated heterocycles. The van der Waals surface area contributed by atoms with Crippen molar-refractivity contribution in [2.75, 3.05) is 10.5 Å². The molecule has 0 heterocycles. The van der Waals surface area contributed by atoms with Crippen LogP contribution in [0.5, 0.6) is 0 Å². The molecule has 0 aliphatic carbocycles. The third-order valence-corrected chi connectivity index (χ3v) is 5.13. The van der Waals surface area contributed by atoms with Gasteiger partial charge in [-0.1, -0.05) is 34.8 Å². The molecule has 23 heavy (non-hydrogen) atoms. The Labute approximate surface area is 146 Å². The molecule has 0 radical (unpaired) electrons. The molecule has 0 fully saturated rings. The topological polar surface area (TPSA) is 109 Å². The second kappa shape index (κ2) is 6.45. The van der Waals surface area contributed by atoms with Crippen LogP contribution in [0.15, 0.2) is 35.2 Å². The van der Waals surface area contributed by atoms with Crippen LogP contribution in [-0.2, 0) is 10.0 Å². The molecule has 0 spiro atoms. The Morgan fingerprint density at radius 3 is 2.13 bits per heavy atom. The number of nitrogen functional groups attached to an aromatic ring is 1. The lowest BCUT2D eigenvalue weighted by Crippen LogP contribution is -2.14. The van der Waals surface area contributed by atoms with Crippen LogP contribution < -0.4 is 10.5 Å². The molecule has 2 aromatic carbocycles. The summed E-state index contributed by atoms with van der Waals surface area (Å²) in [6.07, 6.45) is 0. The highest BCUT2D eigenvalue weighted by molar-refractivity contribution is 7.92. The number of carboxylic acids is 1. The van der Waals surface area contributed by atoms with Crippen molar-refractivity contribution < 1.29 is 18.3 Å². The van der Waals surface area contributed by atoms with Gasteiger partial charge in [0.25, 0.3) is 10.0 Å². The molecule has 0 aliphatic rings. The summed E-state index contributed by atoms with van der Waals surface area (Å²) < 4.78 is 26.9. The number of nitrogens with one attached hydrogen (secondary N) is 1. The van der Waals surface area contributed by atoms with E-state index in [0.29, 0.717) is 0 Å². The molecule has 0 bridgehead atoms. The summed E-state index contributed by atoms with van der Waals surface area (Å²) in [7, 11) is -4.04. The summed E-state index contributed by atoms with van der Waals surface area (Å²) in [6.45, 7) is 0. The third-order valence-electron chi connectivity index (χ3n) is 2.81. The predicted octanol–water partition coefficient (Wildman–Crippen LogP) is 3.73. The van der Waals surface area contributed by atoms with Gasteiger partial charge in [0.05, 0.1) is 31.2 Å². The zero-order valence-corrected chi connectivity index (χ0v) is 14.3. The maximum absolute atomic E-state index is 12.3. The van der Waals surface area contributed by atoms with E-state index in [9.17, 15) is 13.2 Å². The fourth-order valence-corrected chi connectivity index (χ4v) is 3.60. The third kappa shape index (κ3) is 3.81. The summed E-state index contributed by atoms with van der Waals surface area (Å²) in [4.78, 5) is 10.8. The zero-order chi connectivity index (χ0) is 17.4. The lowest BCUT2D eigenvalue weighted by atomic mass is 10.2. The van der Waals surface area contributed by atoms with Gasteiger partial charge in [0.2, 0.25) is 0 Å². The van der Waals surface area contributed by atoms with Crippen molar-refractivity contribution in [2.24, 2.45) is 0 Å². The van der Waals surface area contributed by atoms with Crippen molar-refractivity contribution in [3.05, 3.63) is 51.0 Å². The Kier molecular flexibility index (Phi) is 4.95. The SMILES string of the molecule is Nc1c(Cl)cc(S(=O)(=O)Nc2ccc(Cl)c(C(=O)O)c2)cc1Cl. The second-order valence-corrected chi connectivity index (χ2v) is 7.31. The number of aromatic carboxylic acids is 1. The van der Waals surface area contributed by atoms with E-state index in [1.54, 1.807) is 0 Å². The summed E-state index contributed by atoms with van der Waals surface area (Å²) >= 11 is 17.4. The second-order valence-electron chi connectivity index (χ2n) is 4.41. The van der Waals surface area contributed by atoms with Crippen molar-refractivity contribution in [1.29, 1.82) is 0 Å². The molecule has 10 heteroatoms. The Morgan fingerprint density at radius 1 is 1.04 bits per heavy atom. The molecule has 0 aliphatic heterocycles. The normalized spacial score (nSPS) is 11.3. The van der Waals surface area contributed by atoms with E-state index in [4.69, 9.17) is 45.6 Å². The van der Waals surface area contributed by atoms with Crippen LogP contribution in [0.4, 0.5) is 11.4 Å². The molecule has 2 aromatic rings. The summed E-state index contributed by atoms with van der Waals surface area (Å²) in [6, 6.07) is 5.97. The van der Waals surface area contributed by atoms with E-state index in [1.165, 1.54) is 12.1 Å². The smallest absolute Gasteiger partial charge is 0.337 e. The van der Waals surface area contributed by atoms with Crippen LogP contribution in [0.2, 0.25) is 15.1 Å². The number of carbonyl (C=O) groups is 1. The number of nitrogens with two attached hydrogens (primary N) is 1. The van der Waals surface area contributed by atoms with Crippen LogP contribution in [0.3, 0.4) is 0 Å². The highest BCUT2D eigenvalue weighted by atomic mass is 35.5. The maximum atomic E-state index is 12.3. The number of sulfonamides is 1. The van der Waals surface area contributed by atoms with Crippen LogP contribution >= 0.6 is 34.8 Å². The van der Waals surface area contributed by atoms with E-state index < -0.39 is 16.0 Å². The van der Waals surface area contributed by atoms with E-state index in [1.807, 2.05) is 0 Å². The van der Waals surface area contributed by atoms with E-state index in [0.717, 1.165) is 18.2 Å². The molecule has 0 saturated carbocycles. The van der Waals surface area contributed by atoms with E-state index in [-0.39, 0.29) is 36.9 Å². The van der Waals surface area contributed by atoms with Gasteiger partial charge in [-0.25, -0.2) is 13.2 Å². The van der Waals surface area contributed by atoms with E-state index in [2.05, 4.69) is 4.72 Å². The Bertz CT molecular complexity index is 877. The van der Waals surface area contributed by atoms with Crippen molar-refractivity contribution in [3.8, 4) is 0 Å². The molecule has 0 atom stereocenters. The summed E-state index contributed by atoms with van der Waals surface area (Å²) in [5.74, 6) is -1.28. The minimum absolute atomic E-state index is 0.0137.